The van der Waals surface area contributed by atoms with Crippen LogP contribution in [0.4, 0.5) is 5.69 Å². The number of nitrogens with one attached hydrogen (secondary N) is 1. The van der Waals surface area contributed by atoms with E-state index in [1.54, 1.807) is 0 Å². The fourth-order valence-corrected chi connectivity index (χ4v) is 2.18. The van der Waals surface area contributed by atoms with Gasteiger partial charge in [0, 0.05) is 24.7 Å². The molecule has 0 amide bonds. The molecular formula is C12H17ClN2O. The van der Waals surface area contributed by atoms with Gasteiger partial charge in [-0.2, -0.15) is 0 Å². The van der Waals surface area contributed by atoms with Crippen LogP contribution in [-0.4, -0.2) is 32.8 Å². The van der Waals surface area contributed by atoms with E-state index in [2.05, 4.69) is 24.2 Å². The summed E-state index contributed by atoms with van der Waals surface area (Å²) in [6.45, 7) is 3.00. The fourth-order valence-electron chi connectivity index (χ4n) is 2.02. The number of halogens is 1. The largest absolute Gasteiger partial charge is 0.485 e. The molecule has 88 valence electrons. The zero-order valence-corrected chi connectivity index (χ0v) is 10.6. The molecule has 2 unspecified atom stereocenters. The molecule has 1 heterocycles. The number of benzene rings is 1. The molecule has 1 aromatic rings. The van der Waals surface area contributed by atoms with Crippen molar-refractivity contribution in [2.45, 2.75) is 19.1 Å². The normalized spacial score (nSPS) is 23.9. The molecule has 0 aliphatic carbocycles. The third-order valence-electron chi connectivity index (χ3n) is 3.13. The van der Waals surface area contributed by atoms with Crippen molar-refractivity contribution in [3.8, 4) is 5.75 Å². The van der Waals surface area contributed by atoms with Crippen LogP contribution in [0.2, 0.25) is 5.02 Å². The third-order valence-corrected chi connectivity index (χ3v) is 3.37. The van der Waals surface area contributed by atoms with E-state index < -0.39 is 0 Å². The summed E-state index contributed by atoms with van der Waals surface area (Å²) in [5.41, 5.74) is 1.10. The maximum Gasteiger partial charge on any atom is 0.144 e. The molecule has 3 nitrogen and oxygen atoms in total. The Morgan fingerprint density at radius 1 is 1.50 bits per heavy atom. The molecule has 0 aromatic heterocycles. The van der Waals surface area contributed by atoms with Crippen molar-refractivity contribution in [2.75, 3.05) is 25.5 Å². The van der Waals surface area contributed by atoms with Gasteiger partial charge in [0.2, 0.25) is 0 Å². The molecule has 0 fully saturated rings. The summed E-state index contributed by atoms with van der Waals surface area (Å²) in [6, 6.07) is 6.12. The highest BCUT2D eigenvalue weighted by atomic mass is 35.5. The number of likely N-dealkylation sites (N-methyl/N-ethyl adjacent to an activating group) is 2. The van der Waals surface area contributed by atoms with Gasteiger partial charge in [-0.3, -0.25) is 0 Å². The summed E-state index contributed by atoms with van der Waals surface area (Å²) in [6.07, 6.45) is 0.154. The van der Waals surface area contributed by atoms with Gasteiger partial charge >= 0.3 is 0 Å². The first-order chi connectivity index (χ1) is 7.63. The van der Waals surface area contributed by atoms with Crippen molar-refractivity contribution in [3.63, 3.8) is 0 Å². The van der Waals surface area contributed by atoms with Crippen molar-refractivity contribution < 1.29 is 4.74 Å². The summed E-state index contributed by atoms with van der Waals surface area (Å²) < 4.78 is 5.95. The SMILES string of the molecule is CNCC1Oc2cc(Cl)ccc2N(C)C1C. The second-order valence-corrected chi connectivity index (χ2v) is 4.61. The Bertz CT molecular complexity index is 383. The lowest BCUT2D eigenvalue weighted by molar-refractivity contribution is 0.161. The van der Waals surface area contributed by atoms with Gasteiger partial charge in [0.15, 0.2) is 0 Å². The molecule has 0 saturated carbocycles. The van der Waals surface area contributed by atoms with E-state index in [1.807, 2.05) is 25.2 Å². The van der Waals surface area contributed by atoms with Gasteiger partial charge in [0.1, 0.15) is 11.9 Å². The molecule has 16 heavy (non-hydrogen) atoms. The number of rotatable bonds is 2. The standard InChI is InChI=1S/C12H17ClN2O/c1-8-12(7-14-2)16-11-6-9(13)4-5-10(11)15(8)3/h4-6,8,12,14H,7H2,1-3H3. The molecule has 0 saturated heterocycles. The Balaban J connectivity index is 2.32. The fraction of sp³-hybridized carbons (Fsp3) is 0.500. The molecule has 4 heteroatoms. The van der Waals surface area contributed by atoms with E-state index in [0.29, 0.717) is 11.1 Å². The quantitative estimate of drug-likeness (QED) is 0.857. The van der Waals surface area contributed by atoms with Crippen LogP contribution in [-0.2, 0) is 0 Å². The molecule has 2 rings (SSSR count). The van der Waals surface area contributed by atoms with E-state index in [0.717, 1.165) is 18.0 Å². The average Bonchev–Trinajstić information content (AvgIpc) is 2.25. The second kappa shape index (κ2) is 4.52. The summed E-state index contributed by atoms with van der Waals surface area (Å²) >= 11 is 5.97. The molecule has 1 N–H and O–H groups in total. The maximum absolute atomic E-state index is 5.97. The number of hydrogen-bond acceptors (Lipinski definition) is 3. The van der Waals surface area contributed by atoms with Crippen molar-refractivity contribution >= 4 is 17.3 Å². The Morgan fingerprint density at radius 2 is 2.25 bits per heavy atom. The number of hydrogen-bond donors (Lipinski definition) is 1. The minimum atomic E-state index is 0.154. The summed E-state index contributed by atoms with van der Waals surface area (Å²) in [7, 11) is 4.02. The number of nitrogens with zero attached hydrogens (tertiary/aromatic N) is 1. The number of ether oxygens (including phenoxy) is 1. The average molecular weight is 241 g/mol. The van der Waals surface area contributed by atoms with Crippen molar-refractivity contribution in [2.24, 2.45) is 0 Å². The molecule has 1 aliphatic heterocycles. The van der Waals surface area contributed by atoms with Crippen molar-refractivity contribution in [1.82, 2.24) is 5.32 Å². The van der Waals surface area contributed by atoms with E-state index in [4.69, 9.17) is 16.3 Å². The van der Waals surface area contributed by atoms with Gasteiger partial charge in [-0.15, -0.1) is 0 Å². The zero-order valence-electron chi connectivity index (χ0n) is 9.83. The lowest BCUT2D eigenvalue weighted by Gasteiger charge is -2.39. The van der Waals surface area contributed by atoms with Crippen LogP contribution < -0.4 is 15.0 Å². The molecule has 1 aromatic carbocycles. The molecule has 2 atom stereocenters. The van der Waals surface area contributed by atoms with Crippen LogP contribution in [0.3, 0.4) is 0 Å². The van der Waals surface area contributed by atoms with Gasteiger partial charge in [-0.05, 0) is 26.1 Å². The molecule has 0 spiro atoms. The minimum absolute atomic E-state index is 0.154. The van der Waals surface area contributed by atoms with E-state index in [9.17, 15) is 0 Å². The predicted molar refractivity (Wildman–Crippen MR) is 67.7 cm³/mol. The van der Waals surface area contributed by atoms with Crippen LogP contribution >= 0.6 is 11.6 Å². The molecule has 0 radical (unpaired) electrons. The zero-order chi connectivity index (χ0) is 11.7. The Kier molecular flexibility index (Phi) is 3.26. The van der Waals surface area contributed by atoms with Gasteiger partial charge in [-0.1, -0.05) is 11.6 Å². The molecule has 1 aliphatic rings. The van der Waals surface area contributed by atoms with Gasteiger partial charge in [0.05, 0.1) is 11.7 Å². The number of fused-ring (bicyclic) bond motifs is 1. The minimum Gasteiger partial charge on any atom is -0.485 e. The third kappa shape index (κ3) is 1.97. The topological polar surface area (TPSA) is 24.5 Å². The van der Waals surface area contributed by atoms with E-state index >= 15 is 0 Å². The van der Waals surface area contributed by atoms with E-state index in [-0.39, 0.29) is 6.10 Å². The lowest BCUT2D eigenvalue weighted by Crippen LogP contribution is -2.50. The molecule has 0 bridgehead atoms. The van der Waals surface area contributed by atoms with Crippen LogP contribution in [0.1, 0.15) is 6.92 Å². The van der Waals surface area contributed by atoms with Gasteiger partial charge in [-0.25, -0.2) is 0 Å². The highest BCUT2D eigenvalue weighted by Crippen LogP contribution is 2.36. The Labute approximate surface area is 101 Å². The van der Waals surface area contributed by atoms with Crippen LogP contribution in [0.5, 0.6) is 5.75 Å². The lowest BCUT2D eigenvalue weighted by atomic mass is 10.1. The van der Waals surface area contributed by atoms with Gasteiger partial charge in [0.25, 0.3) is 0 Å². The smallest absolute Gasteiger partial charge is 0.144 e. The van der Waals surface area contributed by atoms with Crippen LogP contribution in [0.15, 0.2) is 18.2 Å². The van der Waals surface area contributed by atoms with E-state index in [1.165, 1.54) is 0 Å². The van der Waals surface area contributed by atoms with Crippen molar-refractivity contribution in [3.05, 3.63) is 23.2 Å². The van der Waals surface area contributed by atoms with Gasteiger partial charge < -0.3 is 15.0 Å². The van der Waals surface area contributed by atoms with Crippen molar-refractivity contribution in [1.29, 1.82) is 0 Å². The number of anilines is 1. The first kappa shape index (κ1) is 11.6. The summed E-state index contributed by atoms with van der Waals surface area (Å²) in [5, 5.41) is 3.86. The monoisotopic (exact) mass is 240 g/mol. The van der Waals surface area contributed by atoms with Crippen LogP contribution in [0.25, 0.3) is 0 Å². The second-order valence-electron chi connectivity index (χ2n) is 4.18. The highest BCUT2D eigenvalue weighted by molar-refractivity contribution is 6.30. The first-order valence-electron chi connectivity index (χ1n) is 5.47. The summed E-state index contributed by atoms with van der Waals surface area (Å²) in [5.74, 6) is 0.869. The molecular weight excluding hydrogens is 224 g/mol. The highest BCUT2D eigenvalue weighted by Gasteiger charge is 2.30. The Morgan fingerprint density at radius 3 is 2.94 bits per heavy atom. The first-order valence-corrected chi connectivity index (χ1v) is 5.85. The maximum atomic E-state index is 5.97. The Hall–Kier alpha value is -0.930. The predicted octanol–water partition coefficient (Wildman–Crippen LogP) is 2.15. The van der Waals surface area contributed by atoms with Crippen LogP contribution in [0, 0.1) is 0 Å². The summed E-state index contributed by atoms with van der Waals surface area (Å²) in [4.78, 5) is 2.23.